The molecule has 2 saturated carbocycles. The molecular formula is C16H19NO4. The Kier molecular flexibility index (Phi) is 3.57. The molecule has 21 heavy (non-hydrogen) atoms. The molecule has 2 bridgehead atoms. The Morgan fingerprint density at radius 2 is 1.95 bits per heavy atom. The number of carboxylic acids is 1. The Morgan fingerprint density at radius 1 is 1.24 bits per heavy atom. The van der Waals surface area contributed by atoms with Crippen LogP contribution in [0.1, 0.15) is 19.3 Å². The zero-order valence-electron chi connectivity index (χ0n) is 11.9. The van der Waals surface area contributed by atoms with Gasteiger partial charge in [0.15, 0.2) is 0 Å². The first-order chi connectivity index (χ1) is 10.1. The van der Waals surface area contributed by atoms with Crippen LogP contribution in [0.3, 0.4) is 0 Å². The fourth-order valence-corrected chi connectivity index (χ4v) is 3.95. The summed E-state index contributed by atoms with van der Waals surface area (Å²) in [5.74, 6) is -0.927. The minimum absolute atomic E-state index is 0.161. The monoisotopic (exact) mass is 289 g/mol. The second kappa shape index (κ2) is 5.39. The maximum atomic E-state index is 12.5. The Bertz CT molecular complexity index is 571. The first-order valence-corrected chi connectivity index (χ1v) is 7.28. The van der Waals surface area contributed by atoms with E-state index in [2.05, 4.69) is 5.32 Å². The summed E-state index contributed by atoms with van der Waals surface area (Å²) in [5.41, 5.74) is 0.645. The molecule has 3 rings (SSSR count). The Hall–Kier alpha value is -2.04. The predicted molar refractivity (Wildman–Crippen MR) is 77.1 cm³/mol. The van der Waals surface area contributed by atoms with Gasteiger partial charge in [-0.15, -0.1) is 0 Å². The predicted octanol–water partition coefficient (Wildman–Crippen LogP) is 2.38. The van der Waals surface area contributed by atoms with Crippen LogP contribution in [0.15, 0.2) is 24.3 Å². The van der Waals surface area contributed by atoms with E-state index >= 15 is 0 Å². The van der Waals surface area contributed by atoms with E-state index in [1.165, 1.54) is 0 Å². The first kappa shape index (κ1) is 13.9. The lowest BCUT2D eigenvalue weighted by Crippen LogP contribution is -2.37. The van der Waals surface area contributed by atoms with Gasteiger partial charge in [-0.25, -0.2) is 0 Å². The number of methoxy groups -OCH3 is 1. The highest BCUT2D eigenvalue weighted by Gasteiger charge is 2.53. The lowest BCUT2D eigenvalue weighted by Gasteiger charge is -2.27. The summed E-state index contributed by atoms with van der Waals surface area (Å²) in [6.07, 6.45) is 2.77. The van der Waals surface area contributed by atoms with Gasteiger partial charge in [0.05, 0.1) is 18.9 Å². The van der Waals surface area contributed by atoms with Crippen LogP contribution in [0.25, 0.3) is 0 Å². The number of benzene rings is 1. The fourth-order valence-electron chi connectivity index (χ4n) is 3.95. The summed E-state index contributed by atoms with van der Waals surface area (Å²) < 4.78 is 5.13. The molecule has 1 aromatic carbocycles. The molecule has 0 unspecified atom stereocenters. The van der Waals surface area contributed by atoms with E-state index in [9.17, 15) is 14.7 Å². The summed E-state index contributed by atoms with van der Waals surface area (Å²) in [6, 6.07) is 7.11. The molecule has 5 nitrogen and oxygen atoms in total. The van der Waals surface area contributed by atoms with E-state index in [1.807, 2.05) is 0 Å². The van der Waals surface area contributed by atoms with Crippen molar-refractivity contribution in [2.45, 2.75) is 19.3 Å². The number of anilines is 1. The minimum atomic E-state index is -0.840. The molecule has 1 amide bonds. The maximum Gasteiger partial charge on any atom is 0.307 e. The zero-order valence-corrected chi connectivity index (χ0v) is 11.9. The molecule has 4 atom stereocenters. The van der Waals surface area contributed by atoms with Crippen LogP contribution in [-0.4, -0.2) is 24.1 Å². The van der Waals surface area contributed by atoms with Gasteiger partial charge in [0.2, 0.25) is 5.91 Å². The van der Waals surface area contributed by atoms with Crippen molar-refractivity contribution in [3.8, 4) is 5.75 Å². The molecule has 2 N–H and O–H groups in total. The Morgan fingerprint density at radius 3 is 2.62 bits per heavy atom. The number of ether oxygens (including phenoxy) is 1. The summed E-state index contributed by atoms with van der Waals surface area (Å²) in [4.78, 5) is 24.0. The molecule has 0 aromatic heterocycles. The number of carbonyl (C=O) groups is 2. The van der Waals surface area contributed by atoms with Crippen molar-refractivity contribution >= 4 is 17.6 Å². The molecule has 2 fully saturated rings. The number of aliphatic carboxylic acids is 1. The van der Waals surface area contributed by atoms with Gasteiger partial charge in [-0.3, -0.25) is 9.59 Å². The van der Waals surface area contributed by atoms with Crippen LogP contribution in [0.2, 0.25) is 0 Å². The second-order valence-corrected chi connectivity index (χ2v) is 5.94. The van der Waals surface area contributed by atoms with Crippen LogP contribution < -0.4 is 10.1 Å². The van der Waals surface area contributed by atoms with Gasteiger partial charge in [0.25, 0.3) is 0 Å². The summed E-state index contributed by atoms with van der Waals surface area (Å²) in [6.45, 7) is 0. The topological polar surface area (TPSA) is 75.6 Å². The Balaban J connectivity index is 1.76. The first-order valence-electron chi connectivity index (χ1n) is 7.28. The second-order valence-electron chi connectivity index (χ2n) is 5.94. The van der Waals surface area contributed by atoms with Gasteiger partial charge in [-0.05, 0) is 43.2 Å². The number of nitrogens with one attached hydrogen (secondary N) is 1. The third kappa shape index (κ3) is 2.48. The number of rotatable bonds is 4. The van der Waals surface area contributed by atoms with Gasteiger partial charge in [-0.2, -0.15) is 0 Å². The Labute approximate surface area is 123 Å². The largest absolute Gasteiger partial charge is 0.497 e. The highest BCUT2D eigenvalue weighted by molar-refractivity contribution is 5.96. The number of hydrogen-bond acceptors (Lipinski definition) is 3. The third-order valence-corrected chi connectivity index (χ3v) is 4.84. The van der Waals surface area contributed by atoms with Crippen molar-refractivity contribution in [3.63, 3.8) is 0 Å². The smallest absolute Gasteiger partial charge is 0.307 e. The number of carbonyl (C=O) groups excluding carboxylic acids is 1. The van der Waals surface area contributed by atoms with Gasteiger partial charge in [-0.1, -0.05) is 6.07 Å². The van der Waals surface area contributed by atoms with Crippen molar-refractivity contribution < 1.29 is 19.4 Å². The van der Waals surface area contributed by atoms with E-state index in [0.29, 0.717) is 11.4 Å². The van der Waals surface area contributed by atoms with Crippen LogP contribution >= 0.6 is 0 Å². The molecule has 0 saturated heterocycles. The molecule has 0 heterocycles. The van der Waals surface area contributed by atoms with Crippen LogP contribution in [-0.2, 0) is 9.59 Å². The van der Waals surface area contributed by atoms with Crippen LogP contribution in [0.5, 0.6) is 5.75 Å². The zero-order chi connectivity index (χ0) is 15.0. The average Bonchev–Trinajstić information content (AvgIpc) is 3.07. The van der Waals surface area contributed by atoms with E-state index in [4.69, 9.17) is 4.74 Å². The molecular weight excluding hydrogens is 270 g/mol. The molecule has 112 valence electrons. The minimum Gasteiger partial charge on any atom is -0.497 e. The quantitative estimate of drug-likeness (QED) is 0.892. The lowest BCUT2D eigenvalue weighted by molar-refractivity contribution is -0.148. The van der Waals surface area contributed by atoms with E-state index in [-0.39, 0.29) is 17.7 Å². The van der Waals surface area contributed by atoms with Gasteiger partial charge in [0, 0.05) is 11.8 Å². The van der Waals surface area contributed by atoms with Gasteiger partial charge >= 0.3 is 5.97 Å². The molecule has 5 heteroatoms. The van der Waals surface area contributed by atoms with Crippen molar-refractivity contribution in [1.29, 1.82) is 0 Å². The number of carboxylic acid groups (broad SMARTS) is 1. The van der Waals surface area contributed by atoms with Crippen LogP contribution in [0.4, 0.5) is 5.69 Å². The number of amides is 1. The van der Waals surface area contributed by atoms with Crippen LogP contribution in [0, 0.1) is 23.7 Å². The summed E-state index contributed by atoms with van der Waals surface area (Å²) in [5, 5.41) is 12.2. The highest BCUT2D eigenvalue weighted by Crippen LogP contribution is 2.52. The highest BCUT2D eigenvalue weighted by atomic mass is 16.5. The van der Waals surface area contributed by atoms with Gasteiger partial charge < -0.3 is 15.2 Å². The fraction of sp³-hybridized carbons (Fsp3) is 0.500. The molecule has 2 aliphatic rings. The molecule has 1 aromatic rings. The number of fused-ring (bicyclic) bond motifs is 2. The number of hydrogen-bond donors (Lipinski definition) is 2. The molecule has 2 aliphatic carbocycles. The lowest BCUT2D eigenvalue weighted by atomic mass is 9.78. The normalized spacial score (nSPS) is 30.1. The molecule has 0 aliphatic heterocycles. The van der Waals surface area contributed by atoms with E-state index in [1.54, 1.807) is 31.4 Å². The SMILES string of the molecule is COc1cccc(NC(=O)[C@H]2[C@H]3CC[C@@H](C3)[C@H]2C(=O)O)c1. The molecule has 0 radical (unpaired) electrons. The van der Waals surface area contributed by atoms with Gasteiger partial charge in [0.1, 0.15) is 5.75 Å². The van der Waals surface area contributed by atoms with Crippen molar-refractivity contribution in [2.24, 2.45) is 23.7 Å². The maximum absolute atomic E-state index is 12.5. The van der Waals surface area contributed by atoms with E-state index in [0.717, 1.165) is 19.3 Å². The summed E-state index contributed by atoms with van der Waals surface area (Å²) in [7, 11) is 1.57. The summed E-state index contributed by atoms with van der Waals surface area (Å²) >= 11 is 0. The van der Waals surface area contributed by atoms with E-state index < -0.39 is 17.8 Å². The van der Waals surface area contributed by atoms with Crippen molar-refractivity contribution in [1.82, 2.24) is 0 Å². The average molecular weight is 289 g/mol. The molecule has 0 spiro atoms. The third-order valence-electron chi connectivity index (χ3n) is 4.84. The van der Waals surface area contributed by atoms with Crippen molar-refractivity contribution in [2.75, 3.05) is 12.4 Å². The standard InChI is InChI=1S/C16H19NO4/c1-21-12-4-2-3-11(8-12)17-15(18)13-9-5-6-10(7-9)14(13)16(19)20/h2-4,8-10,13-14H,5-7H2,1H3,(H,17,18)(H,19,20)/t9-,10-,13-,14+/m0/s1. The van der Waals surface area contributed by atoms with Crippen molar-refractivity contribution in [3.05, 3.63) is 24.3 Å².